The molecule has 2 N–H and O–H groups in total. The van der Waals surface area contributed by atoms with Crippen LogP contribution in [0.4, 0.5) is 0 Å². The summed E-state index contributed by atoms with van der Waals surface area (Å²) < 4.78 is 4.95. The third-order valence-corrected chi connectivity index (χ3v) is 1.46. The molecular weight excluding hydrogens is 211 g/mol. The molecule has 1 heterocycles. The van der Waals surface area contributed by atoms with Crippen molar-refractivity contribution in [1.82, 2.24) is 4.98 Å². The molecule has 3 nitrogen and oxygen atoms in total. The Hall–Kier alpha value is -0.510. The molecule has 1 aromatic rings. The second kappa shape index (κ2) is 6.95. The molecule has 0 aromatic carbocycles. The minimum Gasteiger partial charge on any atom is -0.495 e. The lowest BCUT2D eigenvalue weighted by Gasteiger charge is -2.04. The quantitative estimate of drug-likeness (QED) is 0.836. The van der Waals surface area contributed by atoms with Gasteiger partial charge in [0.25, 0.3) is 0 Å². The summed E-state index contributed by atoms with van der Waals surface area (Å²) in [4.78, 5) is 4.10. The Morgan fingerprint density at radius 1 is 1.38 bits per heavy atom. The zero-order chi connectivity index (χ0) is 8.27. The summed E-state index contributed by atoms with van der Waals surface area (Å²) in [6.45, 7) is 1.90. The molecule has 1 unspecified atom stereocenters. The second-order valence-electron chi connectivity index (χ2n) is 2.41. The molecule has 0 saturated heterocycles. The number of pyridine rings is 1. The second-order valence-corrected chi connectivity index (χ2v) is 2.41. The maximum absolute atomic E-state index is 5.60. The van der Waals surface area contributed by atoms with Crippen LogP contribution in [0, 0.1) is 0 Å². The van der Waals surface area contributed by atoms with Crippen LogP contribution in [0.2, 0.25) is 0 Å². The normalized spacial score (nSPS) is 10.7. The van der Waals surface area contributed by atoms with Gasteiger partial charge in [-0.3, -0.25) is 4.98 Å². The van der Waals surface area contributed by atoms with Gasteiger partial charge in [-0.05, 0) is 19.1 Å². The first-order valence-corrected chi connectivity index (χ1v) is 3.49. The van der Waals surface area contributed by atoms with Crippen molar-refractivity contribution in [2.45, 2.75) is 13.0 Å². The lowest BCUT2D eigenvalue weighted by Crippen LogP contribution is -2.06. The van der Waals surface area contributed by atoms with Crippen molar-refractivity contribution in [3.63, 3.8) is 0 Å². The molecule has 0 radical (unpaired) electrons. The van der Waals surface area contributed by atoms with Gasteiger partial charge in [-0.25, -0.2) is 0 Å². The molecule has 1 atom stereocenters. The average Bonchev–Trinajstić information content (AvgIpc) is 2.05. The molecule has 0 spiro atoms. The number of ether oxygens (including phenoxy) is 1. The van der Waals surface area contributed by atoms with Gasteiger partial charge in [0, 0.05) is 6.04 Å². The molecule has 5 heteroatoms. The van der Waals surface area contributed by atoms with Crippen molar-refractivity contribution in [3.05, 3.63) is 24.0 Å². The molecule has 0 bridgehead atoms. The van der Waals surface area contributed by atoms with E-state index in [2.05, 4.69) is 4.98 Å². The Kier molecular flexibility index (Phi) is 8.01. The maximum atomic E-state index is 5.60. The molecule has 0 aliphatic carbocycles. The Balaban J connectivity index is 0. The van der Waals surface area contributed by atoms with Crippen LogP contribution in [-0.2, 0) is 0 Å². The van der Waals surface area contributed by atoms with E-state index in [1.165, 1.54) is 0 Å². The van der Waals surface area contributed by atoms with Crippen LogP contribution in [0.5, 0.6) is 5.75 Å². The van der Waals surface area contributed by atoms with E-state index in [9.17, 15) is 0 Å². The van der Waals surface area contributed by atoms with Gasteiger partial charge < -0.3 is 10.5 Å². The molecule has 0 aliphatic rings. The molecule has 0 aliphatic heterocycles. The van der Waals surface area contributed by atoms with Crippen molar-refractivity contribution < 1.29 is 4.74 Å². The van der Waals surface area contributed by atoms with Crippen LogP contribution in [0.15, 0.2) is 18.3 Å². The molecule has 0 amide bonds. The summed E-state index contributed by atoms with van der Waals surface area (Å²) in [5.41, 5.74) is 6.48. The summed E-state index contributed by atoms with van der Waals surface area (Å²) in [6.07, 6.45) is 1.67. The minimum absolute atomic E-state index is 0. The average molecular weight is 225 g/mol. The van der Waals surface area contributed by atoms with E-state index < -0.39 is 0 Å². The molecule has 1 rings (SSSR count). The Morgan fingerprint density at radius 2 is 2.00 bits per heavy atom. The highest BCUT2D eigenvalue weighted by molar-refractivity contribution is 5.85. The molecule has 0 saturated carbocycles. The maximum Gasteiger partial charge on any atom is 0.137 e. The molecule has 1 aromatic heterocycles. The number of hydrogen-bond donors (Lipinski definition) is 1. The van der Waals surface area contributed by atoms with Crippen molar-refractivity contribution >= 4 is 24.8 Å². The van der Waals surface area contributed by atoms with Crippen LogP contribution in [0.1, 0.15) is 18.7 Å². The number of rotatable bonds is 2. The molecular formula is C8H14Cl2N2O. The lowest BCUT2D eigenvalue weighted by atomic mass is 10.2. The van der Waals surface area contributed by atoms with Crippen LogP contribution in [0.25, 0.3) is 0 Å². The highest BCUT2D eigenvalue weighted by atomic mass is 35.5. The fourth-order valence-electron chi connectivity index (χ4n) is 0.782. The van der Waals surface area contributed by atoms with Crippen LogP contribution >= 0.6 is 24.8 Å². The van der Waals surface area contributed by atoms with E-state index in [0.717, 1.165) is 11.4 Å². The molecule has 0 fully saturated rings. The van der Waals surface area contributed by atoms with Crippen molar-refractivity contribution in [1.29, 1.82) is 0 Å². The van der Waals surface area contributed by atoms with E-state index >= 15 is 0 Å². The first kappa shape index (κ1) is 15.0. The smallest absolute Gasteiger partial charge is 0.137 e. The number of nitrogens with two attached hydrogens (primary N) is 1. The first-order valence-electron chi connectivity index (χ1n) is 3.49. The molecule has 76 valence electrons. The summed E-state index contributed by atoms with van der Waals surface area (Å²) in [6, 6.07) is 3.70. The number of methoxy groups -OCH3 is 1. The van der Waals surface area contributed by atoms with Crippen molar-refractivity contribution in [3.8, 4) is 5.75 Å². The zero-order valence-corrected chi connectivity index (χ0v) is 9.19. The van der Waals surface area contributed by atoms with E-state index in [0.29, 0.717) is 0 Å². The van der Waals surface area contributed by atoms with E-state index in [1.54, 1.807) is 13.3 Å². The largest absolute Gasteiger partial charge is 0.495 e. The fraction of sp³-hybridized carbons (Fsp3) is 0.375. The van der Waals surface area contributed by atoms with Crippen LogP contribution in [-0.4, -0.2) is 12.1 Å². The van der Waals surface area contributed by atoms with Gasteiger partial charge in [0.2, 0.25) is 0 Å². The summed E-state index contributed by atoms with van der Waals surface area (Å²) in [7, 11) is 1.61. The number of halogens is 2. The molecule has 13 heavy (non-hydrogen) atoms. The van der Waals surface area contributed by atoms with Gasteiger partial charge in [-0.15, -0.1) is 24.8 Å². The SMILES string of the molecule is COc1ccc(C(C)N)nc1.Cl.Cl. The third-order valence-electron chi connectivity index (χ3n) is 1.46. The van der Waals surface area contributed by atoms with E-state index in [4.69, 9.17) is 10.5 Å². The number of nitrogens with zero attached hydrogens (tertiary/aromatic N) is 1. The summed E-state index contributed by atoms with van der Waals surface area (Å²) >= 11 is 0. The first-order chi connectivity index (χ1) is 5.24. The van der Waals surface area contributed by atoms with Gasteiger partial charge in [0.1, 0.15) is 5.75 Å². The Morgan fingerprint density at radius 3 is 2.31 bits per heavy atom. The van der Waals surface area contributed by atoms with Gasteiger partial charge in [0.15, 0.2) is 0 Å². The number of hydrogen-bond acceptors (Lipinski definition) is 3. The predicted molar refractivity (Wildman–Crippen MR) is 57.9 cm³/mol. The summed E-state index contributed by atoms with van der Waals surface area (Å²) in [5.74, 6) is 0.759. The monoisotopic (exact) mass is 224 g/mol. The van der Waals surface area contributed by atoms with E-state index in [1.807, 2.05) is 19.1 Å². The summed E-state index contributed by atoms with van der Waals surface area (Å²) in [5, 5.41) is 0. The minimum atomic E-state index is -0.0130. The Labute approximate surface area is 90.5 Å². The van der Waals surface area contributed by atoms with Crippen molar-refractivity contribution in [2.24, 2.45) is 5.73 Å². The topological polar surface area (TPSA) is 48.1 Å². The fourth-order valence-corrected chi connectivity index (χ4v) is 0.782. The highest BCUT2D eigenvalue weighted by Crippen LogP contribution is 2.11. The Bertz CT molecular complexity index is 226. The van der Waals surface area contributed by atoms with Gasteiger partial charge >= 0.3 is 0 Å². The van der Waals surface area contributed by atoms with Gasteiger partial charge in [-0.1, -0.05) is 0 Å². The van der Waals surface area contributed by atoms with Crippen LogP contribution in [0.3, 0.4) is 0 Å². The standard InChI is InChI=1S/C8H12N2O.2ClH/c1-6(9)8-4-3-7(11-2)5-10-8;;/h3-6H,9H2,1-2H3;2*1H. The van der Waals surface area contributed by atoms with Crippen LogP contribution < -0.4 is 10.5 Å². The van der Waals surface area contributed by atoms with Gasteiger partial charge in [-0.2, -0.15) is 0 Å². The number of aromatic nitrogens is 1. The highest BCUT2D eigenvalue weighted by Gasteiger charge is 1.99. The zero-order valence-electron chi connectivity index (χ0n) is 7.56. The van der Waals surface area contributed by atoms with Crippen molar-refractivity contribution in [2.75, 3.05) is 7.11 Å². The van der Waals surface area contributed by atoms with Gasteiger partial charge in [0.05, 0.1) is 19.0 Å². The third kappa shape index (κ3) is 4.31. The van der Waals surface area contributed by atoms with E-state index in [-0.39, 0.29) is 30.9 Å². The lowest BCUT2D eigenvalue weighted by molar-refractivity contribution is 0.412. The predicted octanol–water partition coefficient (Wildman–Crippen LogP) is 1.95.